The Hall–Kier alpha value is -2.56. The first-order chi connectivity index (χ1) is 14.6. The van der Waals surface area contributed by atoms with E-state index in [1.54, 1.807) is 6.26 Å². The van der Waals surface area contributed by atoms with Crippen LogP contribution in [-0.2, 0) is 14.3 Å². The molecule has 1 heterocycles. The molecule has 0 spiro atoms. The van der Waals surface area contributed by atoms with Gasteiger partial charge in [-0.05, 0) is 37.5 Å². The monoisotopic (exact) mass is 425 g/mol. The zero-order valence-corrected chi connectivity index (χ0v) is 18.3. The average molecular weight is 426 g/mol. The summed E-state index contributed by atoms with van der Waals surface area (Å²) >= 11 is 6.47. The third kappa shape index (κ3) is 5.74. The largest absolute Gasteiger partial charge is 0.499 e. The van der Waals surface area contributed by atoms with Gasteiger partial charge in [-0.3, -0.25) is 4.90 Å². The number of ether oxygens (including phenoxy) is 2. The first kappa shape index (κ1) is 22.1. The first-order valence-corrected chi connectivity index (χ1v) is 10.7. The summed E-state index contributed by atoms with van der Waals surface area (Å²) in [5.41, 5.74) is 4.89. The highest BCUT2D eigenvalue weighted by Crippen LogP contribution is 2.31. The van der Waals surface area contributed by atoms with Crippen LogP contribution in [0.2, 0.25) is 5.02 Å². The number of carbonyl (C=O) groups is 1. The van der Waals surface area contributed by atoms with E-state index in [0.29, 0.717) is 24.8 Å². The first-order valence-electron chi connectivity index (χ1n) is 10.3. The molecular formula is C25H28ClNO3. The minimum Gasteiger partial charge on any atom is -0.499 e. The number of rotatable bonds is 8. The molecule has 0 aliphatic carbocycles. The van der Waals surface area contributed by atoms with Crippen LogP contribution >= 0.6 is 11.6 Å². The van der Waals surface area contributed by atoms with Crippen molar-refractivity contribution in [2.75, 3.05) is 32.8 Å². The third-order valence-corrected chi connectivity index (χ3v) is 5.42. The predicted octanol–water partition coefficient (Wildman–Crippen LogP) is 5.25. The zero-order valence-electron chi connectivity index (χ0n) is 17.6. The molecule has 0 radical (unpaired) electrons. The summed E-state index contributed by atoms with van der Waals surface area (Å²) in [6, 6.07) is 16.0. The molecular weight excluding hydrogens is 398 g/mol. The summed E-state index contributed by atoms with van der Waals surface area (Å²) in [4.78, 5) is 14.2. The molecule has 158 valence electrons. The van der Waals surface area contributed by atoms with Crippen molar-refractivity contribution in [2.24, 2.45) is 0 Å². The van der Waals surface area contributed by atoms with Crippen molar-refractivity contribution in [1.82, 2.24) is 4.90 Å². The minimum absolute atomic E-state index is 0.219. The number of hydrogen-bond acceptors (Lipinski definition) is 4. The third-order valence-electron chi connectivity index (χ3n) is 5.09. The Balaban J connectivity index is 1.67. The molecule has 0 saturated carbocycles. The lowest BCUT2D eigenvalue weighted by atomic mass is 9.95. The van der Waals surface area contributed by atoms with Gasteiger partial charge < -0.3 is 9.47 Å². The van der Waals surface area contributed by atoms with Crippen LogP contribution in [0.5, 0.6) is 0 Å². The number of halogens is 1. The van der Waals surface area contributed by atoms with E-state index in [1.165, 1.54) is 0 Å². The maximum Gasteiger partial charge on any atom is 0.334 e. The van der Waals surface area contributed by atoms with Gasteiger partial charge in [0.2, 0.25) is 0 Å². The minimum atomic E-state index is -0.219. The normalized spacial score (nSPS) is 14.9. The van der Waals surface area contributed by atoms with Gasteiger partial charge in [-0.15, -0.1) is 0 Å². The molecule has 3 rings (SSSR count). The van der Waals surface area contributed by atoms with Crippen molar-refractivity contribution in [2.45, 2.75) is 20.3 Å². The summed E-state index contributed by atoms with van der Waals surface area (Å²) in [6.45, 7) is 7.06. The molecule has 30 heavy (non-hydrogen) atoms. The van der Waals surface area contributed by atoms with Crippen LogP contribution in [0.1, 0.15) is 30.0 Å². The van der Waals surface area contributed by atoms with E-state index >= 15 is 0 Å². The van der Waals surface area contributed by atoms with Crippen molar-refractivity contribution < 1.29 is 14.3 Å². The molecule has 1 aliphatic rings. The second-order valence-electron chi connectivity index (χ2n) is 7.21. The molecule has 5 heteroatoms. The van der Waals surface area contributed by atoms with Crippen molar-refractivity contribution in [3.05, 3.63) is 88.2 Å². The fourth-order valence-electron chi connectivity index (χ4n) is 3.52. The van der Waals surface area contributed by atoms with E-state index in [9.17, 15) is 4.79 Å². The van der Waals surface area contributed by atoms with Crippen molar-refractivity contribution in [3.8, 4) is 0 Å². The molecule has 0 fully saturated rings. The van der Waals surface area contributed by atoms with Crippen LogP contribution in [0.25, 0.3) is 5.57 Å². The molecule has 2 aromatic carbocycles. The Labute approximate surface area is 183 Å². The van der Waals surface area contributed by atoms with Gasteiger partial charge in [-0.25, -0.2) is 4.79 Å². The van der Waals surface area contributed by atoms with Crippen molar-refractivity contribution in [3.63, 3.8) is 0 Å². The Morgan fingerprint density at radius 3 is 2.60 bits per heavy atom. The second-order valence-corrected chi connectivity index (χ2v) is 7.62. The summed E-state index contributed by atoms with van der Waals surface area (Å²) in [5, 5.41) is 0.691. The smallest absolute Gasteiger partial charge is 0.334 e. The van der Waals surface area contributed by atoms with Crippen LogP contribution in [0, 0.1) is 6.92 Å². The lowest BCUT2D eigenvalue weighted by Gasteiger charge is -2.26. The van der Waals surface area contributed by atoms with Crippen LogP contribution in [0.3, 0.4) is 0 Å². The van der Waals surface area contributed by atoms with Crippen molar-refractivity contribution >= 4 is 23.1 Å². The van der Waals surface area contributed by atoms with Gasteiger partial charge in [0, 0.05) is 41.4 Å². The Morgan fingerprint density at radius 2 is 1.87 bits per heavy atom. The highest BCUT2D eigenvalue weighted by atomic mass is 35.5. The van der Waals surface area contributed by atoms with E-state index in [2.05, 4.69) is 24.0 Å². The molecule has 0 N–H and O–H groups in total. The summed E-state index contributed by atoms with van der Waals surface area (Å²) in [6.07, 6.45) is 4.62. The summed E-state index contributed by atoms with van der Waals surface area (Å²) in [5.74, 6) is -0.219. The highest BCUT2D eigenvalue weighted by Gasteiger charge is 2.19. The van der Waals surface area contributed by atoms with E-state index < -0.39 is 0 Å². The van der Waals surface area contributed by atoms with E-state index in [1.807, 2.05) is 49.4 Å². The fourth-order valence-corrected chi connectivity index (χ4v) is 3.76. The molecule has 0 bridgehead atoms. The highest BCUT2D eigenvalue weighted by molar-refractivity contribution is 6.32. The van der Waals surface area contributed by atoms with Gasteiger partial charge in [0.25, 0.3) is 0 Å². The maximum atomic E-state index is 12.0. The molecule has 0 unspecified atom stereocenters. The Morgan fingerprint density at radius 1 is 1.13 bits per heavy atom. The van der Waals surface area contributed by atoms with Gasteiger partial charge in [0.15, 0.2) is 0 Å². The van der Waals surface area contributed by atoms with E-state index in [0.717, 1.165) is 47.3 Å². The quantitative estimate of drug-likeness (QED) is 0.329. The average Bonchev–Trinajstić information content (AvgIpc) is 2.76. The number of esters is 1. The molecule has 4 nitrogen and oxygen atoms in total. The molecule has 0 atom stereocenters. The summed E-state index contributed by atoms with van der Waals surface area (Å²) in [7, 11) is 0. The number of benzene rings is 2. The lowest BCUT2D eigenvalue weighted by molar-refractivity contribution is -0.138. The Bertz CT molecular complexity index is 888. The Kier molecular flexibility index (Phi) is 8.12. The van der Waals surface area contributed by atoms with Gasteiger partial charge in [0.1, 0.15) is 6.61 Å². The van der Waals surface area contributed by atoms with E-state index in [-0.39, 0.29) is 5.97 Å². The number of aryl methyl sites for hydroxylation is 1. The lowest BCUT2D eigenvalue weighted by Crippen LogP contribution is -2.35. The molecule has 0 amide bonds. The summed E-state index contributed by atoms with van der Waals surface area (Å²) < 4.78 is 11.1. The topological polar surface area (TPSA) is 38.8 Å². The van der Waals surface area contributed by atoms with Gasteiger partial charge in [-0.1, -0.05) is 60.1 Å². The second kappa shape index (κ2) is 11.0. The van der Waals surface area contributed by atoms with Crippen LogP contribution in [-0.4, -0.2) is 43.7 Å². The standard InChI is InChI=1S/C25H28ClNO3/c1-3-30-25(28)20-10-8-14-27(17-20)15-16-29-18-23(21-11-5-4-9-19(21)2)22-12-6-7-13-24(22)26/h4-7,9-13,18H,3,8,14-17H2,1-2H3. The molecule has 0 aromatic heterocycles. The van der Waals surface area contributed by atoms with Gasteiger partial charge >= 0.3 is 5.97 Å². The van der Waals surface area contributed by atoms with Crippen molar-refractivity contribution in [1.29, 1.82) is 0 Å². The molecule has 2 aromatic rings. The van der Waals surface area contributed by atoms with Gasteiger partial charge in [0.05, 0.1) is 12.9 Å². The van der Waals surface area contributed by atoms with Gasteiger partial charge in [-0.2, -0.15) is 0 Å². The van der Waals surface area contributed by atoms with Crippen LogP contribution in [0.15, 0.2) is 66.4 Å². The number of carbonyl (C=O) groups excluding carboxylic acids is 1. The van der Waals surface area contributed by atoms with Crippen LogP contribution < -0.4 is 0 Å². The zero-order chi connectivity index (χ0) is 21.3. The van der Waals surface area contributed by atoms with E-state index in [4.69, 9.17) is 21.1 Å². The number of nitrogens with zero attached hydrogens (tertiary/aromatic N) is 1. The SMILES string of the molecule is CCOC(=O)C1=CCCN(CCOC=C(c2ccccc2C)c2ccccc2Cl)C1. The number of hydrogen-bond donors (Lipinski definition) is 0. The maximum absolute atomic E-state index is 12.0. The molecule has 0 saturated heterocycles. The predicted molar refractivity (Wildman–Crippen MR) is 121 cm³/mol. The fraction of sp³-hybridized carbons (Fsp3) is 0.320. The van der Waals surface area contributed by atoms with Crippen LogP contribution in [0.4, 0.5) is 0 Å². The molecule has 1 aliphatic heterocycles.